The molecule has 0 radical (unpaired) electrons. The first-order valence-electron chi connectivity index (χ1n) is 7.93. The summed E-state index contributed by atoms with van der Waals surface area (Å²) in [6, 6.07) is 8.62. The number of hydrogen-bond acceptors (Lipinski definition) is 3. The smallest absolute Gasteiger partial charge is 0.193 e. The van der Waals surface area contributed by atoms with Crippen LogP contribution in [0.3, 0.4) is 0 Å². The number of rotatable bonds is 6. The highest BCUT2D eigenvalue weighted by Gasteiger charge is 2.18. The van der Waals surface area contributed by atoms with Crippen molar-refractivity contribution in [1.82, 2.24) is 10.2 Å². The van der Waals surface area contributed by atoms with E-state index in [0.29, 0.717) is 12.5 Å². The first kappa shape index (κ1) is 17.2. The van der Waals surface area contributed by atoms with Crippen molar-refractivity contribution in [3.63, 3.8) is 0 Å². The Morgan fingerprint density at radius 1 is 1.41 bits per heavy atom. The molecule has 5 heteroatoms. The molecule has 1 atom stereocenters. The molecule has 0 aliphatic carbocycles. The number of guanidine groups is 1. The summed E-state index contributed by atoms with van der Waals surface area (Å²) in [5, 5.41) is 3.38. The maximum Gasteiger partial charge on any atom is 0.193 e. The van der Waals surface area contributed by atoms with Crippen LogP contribution in [-0.2, 0) is 11.3 Å². The summed E-state index contributed by atoms with van der Waals surface area (Å²) in [6.07, 6.45) is 3.25. The Morgan fingerprint density at radius 2 is 2.18 bits per heavy atom. The SMILES string of the molecule is CCNC(=NCc1ccc(SC)cc1)N(C)CC1CCOC1. The van der Waals surface area contributed by atoms with Gasteiger partial charge in [-0.05, 0) is 37.3 Å². The minimum absolute atomic E-state index is 0.620. The number of nitrogens with one attached hydrogen (secondary N) is 1. The van der Waals surface area contributed by atoms with Gasteiger partial charge >= 0.3 is 0 Å². The van der Waals surface area contributed by atoms with Crippen LogP contribution in [0.1, 0.15) is 18.9 Å². The van der Waals surface area contributed by atoms with Gasteiger partial charge in [-0.1, -0.05) is 12.1 Å². The van der Waals surface area contributed by atoms with Gasteiger partial charge in [0.25, 0.3) is 0 Å². The molecule has 22 heavy (non-hydrogen) atoms. The Labute approximate surface area is 138 Å². The van der Waals surface area contributed by atoms with Crippen LogP contribution in [0.15, 0.2) is 34.2 Å². The minimum atomic E-state index is 0.620. The highest BCUT2D eigenvalue weighted by Crippen LogP contribution is 2.16. The topological polar surface area (TPSA) is 36.9 Å². The summed E-state index contributed by atoms with van der Waals surface area (Å²) >= 11 is 1.76. The molecule has 1 aromatic rings. The predicted octanol–water partition coefficient (Wildman–Crippen LogP) is 2.84. The van der Waals surface area contributed by atoms with E-state index in [1.54, 1.807) is 11.8 Å². The second kappa shape index (κ2) is 9.06. The van der Waals surface area contributed by atoms with Crippen LogP contribution in [-0.4, -0.2) is 50.5 Å². The molecule has 1 saturated heterocycles. The fourth-order valence-corrected chi connectivity index (χ4v) is 2.98. The Morgan fingerprint density at radius 3 is 2.77 bits per heavy atom. The molecule has 1 aromatic carbocycles. The quantitative estimate of drug-likeness (QED) is 0.497. The lowest BCUT2D eigenvalue weighted by molar-refractivity contribution is 0.181. The van der Waals surface area contributed by atoms with Gasteiger partial charge in [0.2, 0.25) is 0 Å². The van der Waals surface area contributed by atoms with Gasteiger partial charge in [-0.2, -0.15) is 0 Å². The molecule has 1 aliphatic rings. The number of aliphatic imine (C=N–C) groups is 1. The van der Waals surface area contributed by atoms with Crippen molar-refractivity contribution in [1.29, 1.82) is 0 Å². The molecule has 0 saturated carbocycles. The average Bonchev–Trinajstić information content (AvgIpc) is 3.04. The maximum absolute atomic E-state index is 5.46. The predicted molar refractivity (Wildman–Crippen MR) is 94.6 cm³/mol. The number of hydrogen-bond donors (Lipinski definition) is 1. The average molecular weight is 321 g/mol. The van der Waals surface area contributed by atoms with Crippen LogP contribution in [0.4, 0.5) is 0 Å². The molecular weight excluding hydrogens is 294 g/mol. The van der Waals surface area contributed by atoms with Crippen molar-refractivity contribution in [2.24, 2.45) is 10.9 Å². The third-order valence-electron chi connectivity index (χ3n) is 3.82. The van der Waals surface area contributed by atoms with E-state index in [0.717, 1.165) is 38.7 Å². The first-order valence-corrected chi connectivity index (χ1v) is 9.15. The summed E-state index contributed by atoms with van der Waals surface area (Å²) < 4.78 is 5.46. The van der Waals surface area contributed by atoms with Crippen molar-refractivity contribution < 1.29 is 4.74 Å². The molecule has 1 fully saturated rings. The lowest BCUT2D eigenvalue weighted by Crippen LogP contribution is -2.41. The molecule has 1 N–H and O–H groups in total. The summed E-state index contributed by atoms with van der Waals surface area (Å²) in [5.74, 6) is 1.60. The Balaban J connectivity index is 1.95. The van der Waals surface area contributed by atoms with Crippen LogP contribution in [0, 0.1) is 5.92 Å². The van der Waals surface area contributed by atoms with E-state index in [1.165, 1.54) is 10.5 Å². The normalized spacial score (nSPS) is 18.5. The van der Waals surface area contributed by atoms with Gasteiger partial charge in [0.15, 0.2) is 5.96 Å². The standard InChI is InChI=1S/C17H27N3OS/c1-4-18-17(20(2)12-15-9-10-21-13-15)19-11-14-5-7-16(22-3)8-6-14/h5-8,15H,4,9-13H2,1-3H3,(H,18,19). The Hall–Kier alpha value is -1.20. The van der Waals surface area contributed by atoms with E-state index in [9.17, 15) is 0 Å². The molecule has 0 spiro atoms. The van der Waals surface area contributed by atoms with Gasteiger partial charge in [-0.3, -0.25) is 0 Å². The van der Waals surface area contributed by atoms with Gasteiger partial charge in [0.1, 0.15) is 0 Å². The molecule has 122 valence electrons. The van der Waals surface area contributed by atoms with E-state index >= 15 is 0 Å². The van der Waals surface area contributed by atoms with Crippen LogP contribution in [0.5, 0.6) is 0 Å². The Bertz CT molecular complexity index is 469. The van der Waals surface area contributed by atoms with E-state index in [-0.39, 0.29) is 0 Å². The zero-order valence-corrected chi connectivity index (χ0v) is 14.7. The molecule has 1 aliphatic heterocycles. The molecule has 2 rings (SSSR count). The lowest BCUT2D eigenvalue weighted by Gasteiger charge is -2.24. The molecule has 0 amide bonds. The van der Waals surface area contributed by atoms with Crippen molar-refractivity contribution in [2.75, 3.05) is 39.6 Å². The van der Waals surface area contributed by atoms with Gasteiger partial charge in [0.05, 0.1) is 13.2 Å². The van der Waals surface area contributed by atoms with E-state index in [2.05, 4.69) is 54.7 Å². The van der Waals surface area contributed by atoms with Crippen molar-refractivity contribution in [2.45, 2.75) is 24.8 Å². The van der Waals surface area contributed by atoms with Crippen molar-refractivity contribution in [3.05, 3.63) is 29.8 Å². The summed E-state index contributed by atoms with van der Waals surface area (Å²) in [6.45, 7) is 6.47. The van der Waals surface area contributed by atoms with Gasteiger partial charge in [-0.25, -0.2) is 4.99 Å². The van der Waals surface area contributed by atoms with Crippen LogP contribution >= 0.6 is 11.8 Å². The highest BCUT2D eigenvalue weighted by atomic mass is 32.2. The number of nitrogens with zero attached hydrogens (tertiary/aromatic N) is 2. The van der Waals surface area contributed by atoms with Gasteiger partial charge < -0.3 is 15.0 Å². The Kier molecular flexibility index (Phi) is 7.06. The molecule has 1 unspecified atom stereocenters. The van der Waals surface area contributed by atoms with E-state index in [1.807, 2.05) is 0 Å². The molecule has 4 nitrogen and oxygen atoms in total. The van der Waals surface area contributed by atoms with Gasteiger partial charge in [0, 0.05) is 37.6 Å². The third kappa shape index (κ3) is 5.21. The number of benzene rings is 1. The summed E-state index contributed by atoms with van der Waals surface area (Å²) in [4.78, 5) is 8.28. The second-order valence-corrected chi connectivity index (χ2v) is 6.51. The third-order valence-corrected chi connectivity index (χ3v) is 4.57. The number of thioether (sulfide) groups is 1. The zero-order valence-electron chi connectivity index (χ0n) is 13.8. The minimum Gasteiger partial charge on any atom is -0.381 e. The molecular formula is C17H27N3OS. The van der Waals surface area contributed by atoms with E-state index < -0.39 is 0 Å². The molecule has 0 bridgehead atoms. The molecule has 0 aromatic heterocycles. The monoisotopic (exact) mass is 321 g/mol. The van der Waals surface area contributed by atoms with Crippen LogP contribution < -0.4 is 5.32 Å². The summed E-state index contributed by atoms with van der Waals surface area (Å²) in [7, 11) is 2.11. The zero-order chi connectivity index (χ0) is 15.8. The van der Waals surface area contributed by atoms with Gasteiger partial charge in [-0.15, -0.1) is 11.8 Å². The molecule has 1 heterocycles. The first-order chi connectivity index (χ1) is 10.7. The number of ether oxygens (including phenoxy) is 1. The fourth-order valence-electron chi connectivity index (χ4n) is 2.57. The highest BCUT2D eigenvalue weighted by molar-refractivity contribution is 7.98. The van der Waals surface area contributed by atoms with Crippen molar-refractivity contribution in [3.8, 4) is 0 Å². The van der Waals surface area contributed by atoms with Crippen molar-refractivity contribution >= 4 is 17.7 Å². The van der Waals surface area contributed by atoms with E-state index in [4.69, 9.17) is 9.73 Å². The lowest BCUT2D eigenvalue weighted by atomic mass is 10.1. The van der Waals surface area contributed by atoms with Crippen LogP contribution in [0.2, 0.25) is 0 Å². The summed E-state index contributed by atoms with van der Waals surface area (Å²) in [5.41, 5.74) is 1.24. The van der Waals surface area contributed by atoms with Crippen LogP contribution in [0.25, 0.3) is 0 Å². The largest absolute Gasteiger partial charge is 0.381 e. The maximum atomic E-state index is 5.46. The fraction of sp³-hybridized carbons (Fsp3) is 0.588. The second-order valence-electron chi connectivity index (χ2n) is 5.63.